The standard InChI is InChI=1S/C10H9F3N2O2S/c1-7-4-8(5-14)2-3-9(7)18(16,17)15-6-10(11,12)13/h2-4,15H,6H2,1H3. The van der Waals surface area contributed by atoms with Crippen molar-refractivity contribution < 1.29 is 21.6 Å². The molecule has 0 heterocycles. The van der Waals surface area contributed by atoms with E-state index in [4.69, 9.17) is 5.26 Å². The van der Waals surface area contributed by atoms with Crippen LogP contribution in [0.2, 0.25) is 0 Å². The van der Waals surface area contributed by atoms with Gasteiger partial charge in [0.05, 0.1) is 16.5 Å². The summed E-state index contributed by atoms with van der Waals surface area (Å²) >= 11 is 0. The van der Waals surface area contributed by atoms with Crippen LogP contribution in [0.1, 0.15) is 11.1 Å². The number of hydrogen-bond donors (Lipinski definition) is 1. The zero-order valence-electron chi connectivity index (χ0n) is 9.25. The molecule has 0 aromatic heterocycles. The van der Waals surface area contributed by atoms with Gasteiger partial charge >= 0.3 is 6.18 Å². The van der Waals surface area contributed by atoms with Gasteiger partial charge < -0.3 is 0 Å². The lowest BCUT2D eigenvalue weighted by molar-refractivity contribution is -0.121. The Kier molecular flexibility index (Phi) is 3.98. The Hall–Kier alpha value is -1.59. The normalized spacial score (nSPS) is 12.2. The molecule has 8 heteroatoms. The molecule has 4 nitrogen and oxygen atoms in total. The maximum absolute atomic E-state index is 12.0. The molecule has 1 N–H and O–H groups in total. The number of aryl methyl sites for hydroxylation is 1. The average molecular weight is 278 g/mol. The summed E-state index contributed by atoms with van der Waals surface area (Å²) in [5.74, 6) is 0. The molecule has 0 unspecified atom stereocenters. The first-order chi connectivity index (χ1) is 8.15. The van der Waals surface area contributed by atoms with Gasteiger partial charge in [0, 0.05) is 0 Å². The quantitative estimate of drug-likeness (QED) is 0.915. The Labute approximate surface area is 102 Å². The van der Waals surface area contributed by atoms with Crippen molar-refractivity contribution in [2.75, 3.05) is 6.54 Å². The summed E-state index contributed by atoms with van der Waals surface area (Å²) in [4.78, 5) is -0.272. The maximum atomic E-state index is 12.0. The molecule has 0 aliphatic heterocycles. The van der Waals surface area contributed by atoms with Gasteiger partial charge in [0.1, 0.15) is 6.54 Å². The van der Waals surface area contributed by atoms with Crippen molar-refractivity contribution in [3.8, 4) is 6.07 Å². The molecule has 0 amide bonds. The molecule has 0 fully saturated rings. The average Bonchev–Trinajstić information content (AvgIpc) is 2.25. The predicted octanol–water partition coefficient (Wildman–Crippen LogP) is 1.71. The number of nitrogens with one attached hydrogen (secondary N) is 1. The second-order valence-electron chi connectivity index (χ2n) is 3.53. The minimum Gasteiger partial charge on any atom is -0.207 e. The minimum absolute atomic E-state index is 0.212. The largest absolute Gasteiger partial charge is 0.402 e. The monoisotopic (exact) mass is 278 g/mol. The molecular weight excluding hydrogens is 269 g/mol. The fraction of sp³-hybridized carbons (Fsp3) is 0.300. The van der Waals surface area contributed by atoms with E-state index in [0.717, 1.165) is 6.07 Å². The van der Waals surface area contributed by atoms with Gasteiger partial charge in [0.15, 0.2) is 0 Å². The summed E-state index contributed by atoms with van der Waals surface area (Å²) in [6.07, 6.45) is -4.62. The summed E-state index contributed by atoms with van der Waals surface area (Å²) in [6, 6.07) is 5.44. The van der Waals surface area contributed by atoms with Crippen molar-refractivity contribution in [2.24, 2.45) is 0 Å². The Bertz CT molecular complexity index is 588. The number of sulfonamides is 1. The summed E-state index contributed by atoms with van der Waals surface area (Å²) in [6.45, 7) is -0.224. The highest BCUT2D eigenvalue weighted by Gasteiger charge is 2.30. The maximum Gasteiger partial charge on any atom is 0.402 e. The molecule has 0 aliphatic carbocycles. The van der Waals surface area contributed by atoms with Crippen LogP contribution in [0, 0.1) is 18.3 Å². The van der Waals surface area contributed by atoms with Gasteiger partial charge in [-0.1, -0.05) is 0 Å². The highest BCUT2D eigenvalue weighted by atomic mass is 32.2. The van der Waals surface area contributed by atoms with Crippen LogP contribution < -0.4 is 4.72 Å². The first-order valence-corrected chi connectivity index (χ1v) is 6.21. The highest BCUT2D eigenvalue weighted by Crippen LogP contribution is 2.18. The number of rotatable bonds is 3. The molecule has 0 spiro atoms. The molecule has 0 saturated carbocycles. The lowest BCUT2D eigenvalue weighted by atomic mass is 10.2. The van der Waals surface area contributed by atoms with Crippen molar-refractivity contribution in [3.05, 3.63) is 29.3 Å². The number of benzene rings is 1. The van der Waals surface area contributed by atoms with Gasteiger partial charge in [-0.3, -0.25) is 0 Å². The molecule has 0 saturated heterocycles. The van der Waals surface area contributed by atoms with Crippen molar-refractivity contribution in [1.29, 1.82) is 5.26 Å². The van der Waals surface area contributed by atoms with E-state index in [1.54, 1.807) is 0 Å². The van der Waals surface area contributed by atoms with E-state index >= 15 is 0 Å². The van der Waals surface area contributed by atoms with E-state index in [2.05, 4.69) is 0 Å². The van der Waals surface area contributed by atoms with Gasteiger partial charge in [-0.2, -0.15) is 18.4 Å². The van der Waals surface area contributed by atoms with Crippen LogP contribution in [-0.4, -0.2) is 21.1 Å². The zero-order valence-corrected chi connectivity index (χ0v) is 10.1. The first-order valence-electron chi connectivity index (χ1n) is 4.73. The van der Waals surface area contributed by atoms with Crippen LogP contribution in [0.15, 0.2) is 23.1 Å². The van der Waals surface area contributed by atoms with Crippen LogP contribution in [0.25, 0.3) is 0 Å². The lowest BCUT2D eigenvalue weighted by Gasteiger charge is -2.11. The number of halogens is 3. The molecule has 0 aliphatic rings. The van der Waals surface area contributed by atoms with Gasteiger partial charge in [0.2, 0.25) is 10.0 Å². The van der Waals surface area contributed by atoms with Gasteiger partial charge in [-0.15, -0.1) is 0 Å². The Morgan fingerprint density at radius 1 is 1.39 bits per heavy atom. The van der Waals surface area contributed by atoms with E-state index in [1.807, 2.05) is 6.07 Å². The van der Waals surface area contributed by atoms with Crippen molar-refractivity contribution in [2.45, 2.75) is 18.0 Å². The van der Waals surface area contributed by atoms with E-state index in [0.29, 0.717) is 0 Å². The van der Waals surface area contributed by atoms with Crippen LogP contribution >= 0.6 is 0 Å². The van der Waals surface area contributed by atoms with Gasteiger partial charge in [0.25, 0.3) is 0 Å². The Morgan fingerprint density at radius 3 is 2.44 bits per heavy atom. The summed E-state index contributed by atoms with van der Waals surface area (Å²) in [7, 11) is -4.23. The second-order valence-corrected chi connectivity index (χ2v) is 5.27. The Morgan fingerprint density at radius 2 is 2.00 bits per heavy atom. The molecular formula is C10H9F3N2O2S. The molecule has 0 atom stereocenters. The molecule has 1 aromatic rings. The SMILES string of the molecule is Cc1cc(C#N)ccc1S(=O)(=O)NCC(F)(F)F. The van der Waals surface area contributed by atoms with E-state index in [-0.39, 0.29) is 16.0 Å². The molecule has 0 radical (unpaired) electrons. The molecule has 98 valence electrons. The number of hydrogen-bond acceptors (Lipinski definition) is 3. The van der Waals surface area contributed by atoms with Crippen LogP contribution in [0.4, 0.5) is 13.2 Å². The lowest BCUT2D eigenvalue weighted by Crippen LogP contribution is -2.34. The fourth-order valence-corrected chi connectivity index (χ4v) is 2.51. The van der Waals surface area contributed by atoms with E-state index in [9.17, 15) is 21.6 Å². The van der Waals surface area contributed by atoms with Crippen molar-refractivity contribution >= 4 is 10.0 Å². The van der Waals surface area contributed by atoms with Gasteiger partial charge in [-0.25, -0.2) is 13.1 Å². The summed E-state index contributed by atoms with van der Waals surface area (Å²) in [5, 5.41) is 8.60. The molecule has 0 bridgehead atoms. The number of nitrogens with zero attached hydrogens (tertiary/aromatic N) is 1. The molecule has 1 aromatic carbocycles. The topological polar surface area (TPSA) is 70.0 Å². The van der Waals surface area contributed by atoms with E-state index in [1.165, 1.54) is 23.8 Å². The van der Waals surface area contributed by atoms with Crippen LogP contribution in [0.5, 0.6) is 0 Å². The Balaban J connectivity index is 3.03. The third kappa shape index (κ3) is 3.72. The molecule has 18 heavy (non-hydrogen) atoms. The summed E-state index contributed by atoms with van der Waals surface area (Å²) in [5.41, 5.74) is 0.450. The van der Waals surface area contributed by atoms with Crippen LogP contribution in [-0.2, 0) is 10.0 Å². The smallest absolute Gasteiger partial charge is 0.207 e. The fourth-order valence-electron chi connectivity index (χ4n) is 1.28. The number of nitriles is 1. The van der Waals surface area contributed by atoms with Crippen LogP contribution in [0.3, 0.4) is 0 Å². The van der Waals surface area contributed by atoms with E-state index < -0.39 is 22.7 Å². The zero-order chi connectivity index (χ0) is 14.0. The second kappa shape index (κ2) is 4.96. The summed E-state index contributed by atoms with van der Waals surface area (Å²) < 4.78 is 60.5. The predicted molar refractivity (Wildman–Crippen MR) is 57.1 cm³/mol. The van der Waals surface area contributed by atoms with Crippen molar-refractivity contribution in [1.82, 2.24) is 4.72 Å². The third-order valence-corrected chi connectivity index (χ3v) is 3.62. The molecule has 1 rings (SSSR count). The number of alkyl halides is 3. The van der Waals surface area contributed by atoms with Gasteiger partial charge in [-0.05, 0) is 30.7 Å². The minimum atomic E-state index is -4.62. The third-order valence-electron chi connectivity index (χ3n) is 2.06. The van der Waals surface area contributed by atoms with Crippen molar-refractivity contribution in [3.63, 3.8) is 0 Å². The highest BCUT2D eigenvalue weighted by molar-refractivity contribution is 7.89. The first kappa shape index (κ1) is 14.5.